The number of carbonyl (C=O) groups excluding carboxylic acids is 1. The Hall–Kier alpha value is -1.65. The summed E-state index contributed by atoms with van der Waals surface area (Å²) in [4.78, 5) is 13.4. The molecule has 2 aromatic rings. The summed E-state index contributed by atoms with van der Waals surface area (Å²) in [5, 5.41) is 7.35. The number of benzene rings is 1. The zero-order valence-electron chi connectivity index (χ0n) is 12.9. The van der Waals surface area contributed by atoms with Gasteiger partial charge in [0.25, 0.3) is 5.91 Å². The van der Waals surface area contributed by atoms with Gasteiger partial charge in [0.05, 0.1) is 4.88 Å². The number of rotatable bonds is 7. The second-order valence-corrected chi connectivity index (χ2v) is 7.02. The number of carbonyl (C=O) groups is 1. The number of hydrogen-bond donors (Lipinski definition) is 2. The van der Waals surface area contributed by atoms with Crippen molar-refractivity contribution in [3.05, 3.63) is 58.3 Å². The summed E-state index contributed by atoms with van der Waals surface area (Å²) >= 11 is 1.74. The van der Waals surface area contributed by atoms with E-state index in [2.05, 4.69) is 59.3 Å². The van der Waals surface area contributed by atoms with E-state index in [1.165, 1.54) is 23.3 Å². The van der Waals surface area contributed by atoms with Crippen LogP contribution in [-0.2, 0) is 4.79 Å². The SMILES string of the molecule is C[C@H](NC(=O)C[NH2+][C@H](c1ccccc1)c1cccs1)C1CC1. The van der Waals surface area contributed by atoms with Crippen molar-refractivity contribution in [2.24, 2.45) is 5.92 Å². The minimum Gasteiger partial charge on any atom is -0.348 e. The average molecular weight is 315 g/mol. The maximum atomic E-state index is 12.2. The molecule has 1 aliphatic rings. The van der Waals surface area contributed by atoms with Crippen molar-refractivity contribution in [3.63, 3.8) is 0 Å². The molecule has 1 aliphatic carbocycles. The highest BCUT2D eigenvalue weighted by Crippen LogP contribution is 2.32. The minimum atomic E-state index is 0.136. The summed E-state index contributed by atoms with van der Waals surface area (Å²) in [6.07, 6.45) is 2.51. The summed E-state index contributed by atoms with van der Waals surface area (Å²) in [5.41, 5.74) is 1.24. The normalized spacial score (nSPS) is 17.0. The third-order valence-electron chi connectivity index (χ3n) is 4.27. The Balaban J connectivity index is 1.62. The van der Waals surface area contributed by atoms with Crippen molar-refractivity contribution >= 4 is 17.2 Å². The first-order valence-electron chi connectivity index (χ1n) is 7.95. The second-order valence-electron chi connectivity index (χ2n) is 6.04. The van der Waals surface area contributed by atoms with Crippen LogP contribution in [-0.4, -0.2) is 18.5 Å². The number of thiophene rings is 1. The molecule has 2 atom stereocenters. The summed E-state index contributed by atoms with van der Waals surface area (Å²) in [6, 6.07) is 15.1. The number of hydrogen-bond acceptors (Lipinski definition) is 2. The average Bonchev–Trinajstić information content (AvgIpc) is 3.25. The monoisotopic (exact) mass is 315 g/mol. The van der Waals surface area contributed by atoms with Crippen LogP contribution in [0, 0.1) is 5.92 Å². The number of quaternary nitrogens is 1. The fourth-order valence-electron chi connectivity index (χ4n) is 2.80. The molecule has 1 aromatic heterocycles. The van der Waals surface area contributed by atoms with Crippen LogP contribution >= 0.6 is 11.3 Å². The molecule has 3 nitrogen and oxygen atoms in total. The van der Waals surface area contributed by atoms with Crippen LogP contribution in [0.25, 0.3) is 0 Å². The van der Waals surface area contributed by atoms with Gasteiger partial charge in [0.1, 0.15) is 6.04 Å². The zero-order chi connectivity index (χ0) is 15.4. The van der Waals surface area contributed by atoms with Crippen LogP contribution in [0.3, 0.4) is 0 Å². The first-order chi connectivity index (χ1) is 10.7. The quantitative estimate of drug-likeness (QED) is 0.809. The Morgan fingerprint density at radius 3 is 2.68 bits per heavy atom. The number of nitrogens with two attached hydrogens (primary N) is 1. The van der Waals surface area contributed by atoms with Crippen LogP contribution < -0.4 is 10.6 Å². The number of nitrogens with one attached hydrogen (secondary N) is 1. The fraction of sp³-hybridized carbons (Fsp3) is 0.389. The predicted molar refractivity (Wildman–Crippen MR) is 89.7 cm³/mol. The van der Waals surface area contributed by atoms with Gasteiger partial charge in [0.2, 0.25) is 0 Å². The van der Waals surface area contributed by atoms with E-state index >= 15 is 0 Å². The van der Waals surface area contributed by atoms with Crippen molar-refractivity contribution in [2.45, 2.75) is 31.8 Å². The lowest BCUT2D eigenvalue weighted by molar-refractivity contribution is -0.676. The maximum absolute atomic E-state index is 12.2. The molecule has 0 aliphatic heterocycles. The van der Waals surface area contributed by atoms with Crippen molar-refractivity contribution in [2.75, 3.05) is 6.54 Å². The third kappa shape index (κ3) is 3.96. The topological polar surface area (TPSA) is 45.7 Å². The van der Waals surface area contributed by atoms with Crippen molar-refractivity contribution in [1.82, 2.24) is 5.32 Å². The van der Waals surface area contributed by atoms with E-state index in [0.717, 1.165) is 0 Å². The van der Waals surface area contributed by atoms with E-state index in [9.17, 15) is 4.79 Å². The van der Waals surface area contributed by atoms with Gasteiger partial charge in [0.15, 0.2) is 6.54 Å². The molecule has 4 heteroatoms. The largest absolute Gasteiger partial charge is 0.348 e. The molecular formula is C18H23N2OS+. The van der Waals surface area contributed by atoms with E-state index in [4.69, 9.17) is 0 Å². The van der Waals surface area contributed by atoms with Crippen LogP contribution in [0.2, 0.25) is 0 Å². The minimum absolute atomic E-state index is 0.136. The summed E-state index contributed by atoms with van der Waals surface area (Å²) < 4.78 is 0. The van der Waals surface area contributed by atoms with Crippen LogP contribution in [0.4, 0.5) is 0 Å². The molecule has 3 N–H and O–H groups in total. The first-order valence-corrected chi connectivity index (χ1v) is 8.83. The highest BCUT2D eigenvalue weighted by atomic mass is 32.1. The molecule has 0 saturated heterocycles. The molecule has 1 fully saturated rings. The van der Waals surface area contributed by atoms with Gasteiger partial charge in [-0.25, -0.2) is 0 Å². The fourth-order valence-corrected chi connectivity index (χ4v) is 3.65. The van der Waals surface area contributed by atoms with Crippen LogP contribution in [0.15, 0.2) is 47.8 Å². The van der Waals surface area contributed by atoms with Crippen LogP contribution in [0.5, 0.6) is 0 Å². The lowest BCUT2D eigenvalue weighted by Crippen LogP contribution is -2.87. The van der Waals surface area contributed by atoms with Crippen molar-refractivity contribution in [1.29, 1.82) is 0 Å². The summed E-state index contributed by atoms with van der Waals surface area (Å²) in [7, 11) is 0. The highest BCUT2D eigenvalue weighted by Gasteiger charge is 2.29. The smallest absolute Gasteiger partial charge is 0.275 e. The zero-order valence-corrected chi connectivity index (χ0v) is 13.7. The van der Waals surface area contributed by atoms with Gasteiger partial charge in [-0.1, -0.05) is 36.4 Å². The summed E-state index contributed by atoms with van der Waals surface area (Å²) in [5.74, 6) is 0.836. The van der Waals surface area contributed by atoms with Gasteiger partial charge < -0.3 is 10.6 Å². The molecule has 1 saturated carbocycles. The first kappa shape index (κ1) is 15.3. The van der Waals surface area contributed by atoms with Gasteiger partial charge in [0, 0.05) is 11.6 Å². The summed E-state index contributed by atoms with van der Waals surface area (Å²) in [6.45, 7) is 2.58. The van der Waals surface area contributed by atoms with Crippen molar-refractivity contribution < 1.29 is 10.1 Å². The molecule has 0 radical (unpaired) electrons. The van der Waals surface area contributed by atoms with Gasteiger partial charge >= 0.3 is 0 Å². The van der Waals surface area contributed by atoms with Crippen molar-refractivity contribution in [3.8, 4) is 0 Å². The molecular weight excluding hydrogens is 292 g/mol. The second kappa shape index (κ2) is 7.07. The van der Waals surface area contributed by atoms with Gasteiger partial charge in [-0.2, -0.15) is 0 Å². The molecule has 1 amide bonds. The molecule has 0 bridgehead atoms. The Morgan fingerprint density at radius 2 is 2.05 bits per heavy atom. The molecule has 0 unspecified atom stereocenters. The Kier molecular flexibility index (Phi) is 4.90. The molecule has 116 valence electrons. The van der Waals surface area contributed by atoms with Gasteiger partial charge in [-0.15, -0.1) is 11.3 Å². The molecule has 1 aromatic carbocycles. The van der Waals surface area contributed by atoms with Gasteiger partial charge in [-0.05, 0) is 37.1 Å². The highest BCUT2D eigenvalue weighted by molar-refractivity contribution is 7.10. The lowest BCUT2D eigenvalue weighted by Gasteiger charge is -2.16. The molecule has 3 rings (SSSR count). The third-order valence-corrected chi connectivity index (χ3v) is 5.22. The van der Waals surface area contributed by atoms with Crippen LogP contribution in [0.1, 0.15) is 36.2 Å². The molecule has 1 heterocycles. The Bertz CT molecular complexity index is 593. The van der Waals surface area contributed by atoms with E-state index in [-0.39, 0.29) is 11.9 Å². The van der Waals surface area contributed by atoms with E-state index in [1.807, 2.05) is 6.07 Å². The van der Waals surface area contributed by atoms with E-state index in [1.54, 1.807) is 11.3 Å². The Morgan fingerprint density at radius 1 is 1.27 bits per heavy atom. The Labute approximate surface area is 135 Å². The molecule has 0 spiro atoms. The molecule has 22 heavy (non-hydrogen) atoms. The predicted octanol–water partition coefficient (Wildman–Crippen LogP) is 2.32. The van der Waals surface area contributed by atoms with Gasteiger partial charge in [-0.3, -0.25) is 4.79 Å². The van der Waals surface area contributed by atoms with E-state index < -0.39 is 0 Å². The maximum Gasteiger partial charge on any atom is 0.275 e. The number of amides is 1. The lowest BCUT2D eigenvalue weighted by atomic mass is 10.1. The standard InChI is InChI=1S/C18H22N2OS/c1-13(14-9-10-14)20-17(21)12-19-18(16-8-5-11-22-16)15-6-3-2-4-7-15/h2-8,11,13-14,18-19H,9-10,12H2,1H3,(H,20,21)/p+1/t13-,18+/m0/s1. The van der Waals surface area contributed by atoms with E-state index in [0.29, 0.717) is 18.5 Å².